The third-order valence-corrected chi connectivity index (χ3v) is 4.81. The summed E-state index contributed by atoms with van der Waals surface area (Å²) in [5.74, 6) is 1.30. The fourth-order valence-corrected chi connectivity index (χ4v) is 3.66. The van der Waals surface area contributed by atoms with E-state index in [1.165, 1.54) is 0 Å². The van der Waals surface area contributed by atoms with Crippen molar-refractivity contribution >= 4 is 0 Å². The molecule has 0 radical (unpaired) electrons. The molecule has 122 valence electrons. The van der Waals surface area contributed by atoms with Gasteiger partial charge in [-0.25, -0.2) is 4.68 Å². The maximum absolute atomic E-state index is 12.3. The lowest BCUT2D eigenvalue weighted by atomic mass is 10.2. The van der Waals surface area contributed by atoms with Gasteiger partial charge in [0, 0.05) is 12.1 Å². The van der Waals surface area contributed by atoms with E-state index in [0.29, 0.717) is 30.8 Å². The Morgan fingerprint density at radius 3 is 3.09 bits per heavy atom. The summed E-state index contributed by atoms with van der Waals surface area (Å²) in [5.41, 5.74) is 2.25. The zero-order valence-electron chi connectivity index (χ0n) is 13.4. The Kier molecular flexibility index (Phi) is 3.72. The minimum atomic E-state index is 0.0196. The van der Waals surface area contributed by atoms with Crippen molar-refractivity contribution in [2.75, 3.05) is 6.54 Å². The third kappa shape index (κ3) is 2.93. The second-order valence-corrected chi connectivity index (χ2v) is 6.49. The van der Waals surface area contributed by atoms with E-state index < -0.39 is 0 Å². The topological polar surface area (TPSA) is 77.0 Å². The van der Waals surface area contributed by atoms with Gasteiger partial charge in [0.2, 0.25) is 5.89 Å². The molecule has 1 saturated heterocycles. The van der Waals surface area contributed by atoms with Crippen LogP contribution in [0.4, 0.5) is 0 Å². The van der Waals surface area contributed by atoms with Gasteiger partial charge in [0.1, 0.15) is 0 Å². The number of aryl methyl sites for hydroxylation is 3. The van der Waals surface area contributed by atoms with E-state index in [0.717, 1.165) is 49.9 Å². The first-order chi connectivity index (χ1) is 11.2. The van der Waals surface area contributed by atoms with Crippen LogP contribution in [-0.2, 0) is 25.9 Å². The highest BCUT2D eigenvalue weighted by Crippen LogP contribution is 2.21. The molecule has 1 aliphatic carbocycles. The van der Waals surface area contributed by atoms with Gasteiger partial charge in [-0.15, -0.1) is 0 Å². The van der Waals surface area contributed by atoms with Crippen LogP contribution in [0.15, 0.2) is 15.4 Å². The van der Waals surface area contributed by atoms with Crippen LogP contribution in [-0.4, -0.2) is 37.4 Å². The molecule has 2 aromatic heterocycles. The molecular formula is C16H21N5O2. The van der Waals surface area contributed by atoms with Crippen LogP contribution in [0.5, 0.6) is 0 Å². The minimum Gasteiger partial charge on any atom is -0.338 e. The predicted molar refractivity (Wildman–Crippen MR) is 83.0 cm³/mol. The number of hydrogen-bond acceptors (Lipinski definition) is 6. The van der Waals surface area contributed by atoms with E-state index in [1.807, 2.05) is 6.92 Å². The highest BCUT2D eigenvalue weighted by molar-refractivity contribution is 5.22. The standard InChI is InChI=1S/C16H21N5O2/c1-11-17-15(23-19-11)10-20-7-3-5-13(20)9-21-16(22)8-12-4-2-6-14(12)18-21/h8,13H,2-7,9-10H2,1H3. The van der Waals surface area contributed by atoms with Gasteiger partial charge in [-0.05, 0) is 51.1 Å². The van der Waals surface area contributed by atoms with Crippen LogP contribution < -0.4 is 5.56 Å². The highest BCUT2D eigenvalue weighted by atomic mass is 16.5. The highest BCUT2D eigenvalue weighted by Gasteiger charge is 2.27. The quantitative estimate of drug-likeness (QED) is 0.840. The van der Waals surface area contributed by atoms with Gasteiger partial charge in [-0.2, -0.15) is 10.1 Å². The second kappa shape index (κ2) is 5.88. The van der Waals surface area contributed by atoms with E-state index >= 15 is 0 Å². The molecule has 0 N–H and O–H groups in total. The van der Waals surface area contributed by atoms with Gasteiger partial charge >= 0.3 is 0 Å². The van der Waals surface area contributed by atoms with E-state index in [2.05, 4.69) is 20.1 Å². The lowest BCUT2D eigenvalue weighted by Gasteiger charge is -2.23. The number of nitrogens with zero attached hydrogens (tertiary/aromatic N) is 5. The molecule has 1 fully saturated rings. The van der Waals surface area contributed by atoms with Gasteiger partial charge in [-0.3, -0.25) is 9.69 Å². The van der Waals surface area contributed by atoms with Gasteiger partial charge < -0.3 is 4.52 Å². The van der Waals surface area contributed by atoms with Crippen LogP contribution >= 0.6 is 0 Å². The molecule has 2 aromatic rings. The van der Waals surface area contributed by atoms with Gasteiger partial charge in [0.15, 0.2) is 5.82 Å². The lowest BCUT2D eigenvalue weighted by molar-refractivity contribution is 0.190. The minimum absolute atomic E-state index is 0.0196. The zero-order valence-corrected chi connectivity index (χ0v) is 13.4. The Balaban J connectivity index is 1.50. The maximum Gasteiger partial charge on any atom is 0.267 e. The molecule has 2 aliphatic rings. The average molecular weight is 315 g/mol. The van der Waals surface area contributed by atoms with Crippen molar-refractivity contribution < 1.29 is 4.52 Å². The fraction of sp³-hybridized carbons (Fsp3) is 0.625. The number of likely N-dealkylation sites (tertiary alicyclic amines) is 1. The molecule has 7 heteroatoms. The Morgan fingerprint density at radius 2 is 2.26 bits per heavy atom. The molecule has 4 rings (SSSR count). The number of aromatic nitrogens is 4. The molecule has 3 heterocycles. The summed E-state index contributed by atoms with van der Waals surface area (Å²) in [4.78, 5) is 18.9. The van der Waals surface area contributed by atoms with Crippen molar-refractivity contribution in [3.05, 3.63) is 39.4 Å². The lowest BCUT2D eigenvalue weighted by Crippen LogP contribution is -2.37. The molecule has 0 amide bonds. The summed E-state index contributed by atoms with van der Waals surface area (Å²) in [6.07, 6.45) is 5.28. The van der Waals surface area contributed by atoms with Crippen molar-refractivity contribution in [3.8, 4) is 0 Å². The summed E-state index contributed by atoms with van der Waals surface area (Å²) >= 11 is 0. The molecule has 1 aliphatic heterocycles. The summed E-state index contributed by atoms with van der Waals surface area (Å²) < 4.78 is 6.87. The molecule has 0 saturated carbocycles. The van der Waals surface area contributed by atoms with Crippen LogP contribution in [0.25, 0.3) is 0 Å². The Hall–Kier alpha value is -2.02. The van der Waals surface area contributed by atoms with Crippen molar-refractivity contribution in [3.63, 3.8) is 0 Å². The van der Waals surface area contributed by atoms with Crippen molar-refractivity contribution in [2.45, 2.75) is 58.2 Å². The van der Waals surface area contributed by atoms with Crippen LogP contribution in [0.2, 0.25) is 0 Å². The van der Waals surface area contributed by atoms with Crippen LogP contribution in [0.1, 0.15) is 42.2 Å². The Bertz CT molecular complexity index is 766. The second-order valence-electron chi connectivity index (χ2n) is 6.49. The maximum atomic E-state index is 12.3. The number of hydrogen-bond donors (Lipinski definition) is 0. The monoisotopic (exact) mass is 315 g/mol. The predicted octanol–water partition coefficient (Wildman–Crippen LogP) is 1.09. The van der Waals surface area contributed by atoms with Crippen LogP contribution in [0.3, 0.4) is 0 Å². The molecule has 1 atom stereocenters. The van der Waals surface area contributed by atoms with Gasteiger partial charge in [0.05, 0.1) is 18.8 Å². The Morgan fingerprint density at radius 1 is 1.35 bits per heavy atom. The largest absolute Gasteiger partial charge is 0.338 e. The third-order valence-electron chi connectivity index (χ3n) is 4.81. The summed E-state index contributed by atoms with van der Waals surface area (Å²) in [5, 5.41) is 8.43. The Labute approximate surface area is 134 Å². The molecule has 0 aromatic carbocycles. The first-order valence-electron chi connectivity index (χ1n) is 8.32. The zero-order chi connectivity index (χ0) is 15.8. The van der Waals surface area contributed by atoms with Gasteiger partial charge in [-0.1, -0.05) is 5.16 Å². The van der Waals surface area contributed by atoms with E-state index in [1.54, 1.807) is 10.7 Å². The molecule has 7 nitrogen and oxygen atoms in total. The SMILES string of the molecule is Cc1noc(CN2CCCC2Cn2nc3c(cc2=O)CCC3)n1. The average Bonchev–Trinajstić information content (AvgIpc) is 3.23. The summed E-state index contributed by atoms with van der Waals surface area (Å²) in [7, 11) is 0. The molecule has 0 bridgehead atoms. The fourth-order valence-electron chi connectivity index (χ4n) is 3.66. The molecule has 23 heavy (non-hydrogen) atoms. The van der Waals surface area contributed by atoms with Crippen LogP contribution in [0, 0.1) is 6.92 Å². The van der Waals surface area contributed by atoms with E-state index in [4.69, 9.17) is 4.52 Å². The number of fused-ring (bicyclic) bond motifs is 1. The van der Waals surface area contributed by atoms with Gasteiger partial charge in [0.25, 0.3) is 5.56 Å². The molecule has 0 spiro atoms. The smallest absolute Gasteiger partial charge is 0.267 e. The summed E-state index contributed by atoms with van der Waals surface area (Å²) in [6, 6.07) is 2.07. The molecule has 1 unspecified atom stereocenters. The van der Waals surface area contributed by atoms with E-state index in [-0.39, 0.29) is 5.56 Å². The number of rotatable bonds is 4. The van der Waals surface area contributed by atoms with Crippen molar-refractivity contribution in [2.24, 2.45) is 0 Å². The van der Waals surface area contributed by atoms with Crippen molar-refractivity contribution in [1.82, 2.24) is 24.8 Å². The van der Waals surface area contributed by atoms with Crippen molar-refractivity contribution in [1.29, 1.82) is 0 Å². The van der Waals surface area contributed by atoms with E-state index in [9.17, 15) is 4.79 Å². The normalized spacial score (nSPS) is 21.0. The molecular weight excluding hydrogens is 294 g/mol. The first kappa shape index (κ1) is 14.6. The first-order valence-corrected chi connectivity index (χ1v) is 8.32. The summed E-state index contributed by atoms with van der Waals surface area (Å²) in [6.45, 7) is 4.10.